The van der Waals surface area contributed by atoms with Crippen LogP contribution in [-0.2, 0) is 11.3 Å². The molecule has 5 heteroatoms. The molecule has 1 amide bonds. The number of nitrogens with one attached hydrogen (secondary N) is 1. The van der Waals surface area contributed by atoms with Crippen molar-refractivity contribution < 1.29 is 9.18 Å². The average molecular weight is 355 g/mol. The first-order valence-corrected chi connectivity index (χ1v) is 9.06. The first-order chi connectivity index (χ1) is 12.5. The number of hydrogen-bond acceptors (Lipinski definition) is 3. The van der Waals surface area contributed by atoms with Gasteiger partial charge in [-0.05, 0) is 42.7 Å². The maximum absolute atomic E-state index is 13.3. The zero-order valence-electron chi connectivity index (χ0n) is 15.5. The van der Waals surface area contributed by atoms with Crippen molar-refractivity contribution in [2.45, 2.75) is 20.4 Å². The summed E-state index contributed by atoms with van der Waals surface area (Å²) in [7, 11) is 0. The van der Waals surface area contributed by atoms with E-state index in [2.05, 4.69) is 15.1 Å². The Kier molecular flexibility index (Phi) is 6.01. The number of halogens is 1. The molecule has 1 aliphatic heterocycles. The predicted octanol–water partition coefficient (Wildman–Crippen LogP) is 3.20. The monoisotopic (exact) mass is 355 g/mol. The number of carbonyl (C=O) groups excluding carboxylic acids is 1. The lowest BCUT2D eigenvalue weighted by molar-refractivity contribution is -0.117. The van der Waals surface area contributed by atoms with Crippen molar-refractivity contribution in [3.63, 3.8) is 0 Å². The van der Waals surface area contributed by atoms with Gasteiger partial charge in [-0.2, -0.15) is 0 Å². The number of nitrogens with zero attached hydrogens (tertiary/aromatic N) is 2. The highest BCUT2D eigenvalue weighted by Gasteiger charge is 2.19. The molecule has 0 radical (unpaired) electrons. The van der Waals surface area contributed by atoms with Crippen LogP contribution in [0.15, 0.2) is 42.5 Å². The van der Waals surface area contributed by atoms with E-state index in [0.717, 1.165) is 55.1 Å². The van der Waals surface area contributed by atoms with Crippen molar-refractivity contribution in [3.05, 3.63) is 65.0 Å². The summed E-state index contributed by atoms with van der Waals surface area (Å²) in [5, 5.41) is 3.05. The number of para-hydroxylation sites is 1. The second kappa shape index (κ2) is 8.43. The summed E-state index contributed by atoms with van der Waals surface area (Å²) >= 11 is 0. The quantitative estimate of drug-likeness (QED) is 0.895. The molecule has 0 spiro atoms. The fourth-order valence-electron chi connectivity index (χ4n) is 3.39. The third-order valence-electron chi connectivity index (χ3n) is 4.87. The number of piperazine rings is 1. The summed E-state index contributed by atoms with van der Waals surface area (Å²) in [5.74, 6) is -0.162. The van der Waals surface area contributed by atoms with Crippen LogP contribution in [0.25, 0.3) is 0 Å². The lowest BCUT2D eigenvalue weighted by Gasteiger charge is -2.34. The fraction of sp³-hybridized carbons (Fsp3) is 0.381. The molecule has 3 rings (SSSR count). The molecule has 1 N–H and O–H groups in total. The van der Waals surface area contributed by atoms with Gasteiger partial charge in [-0.25, -0.2) is 4.39 Å². The highest BCUT2D eigenvalue weighted by molar-refractivity contribution is 5.93. The second-order valence-corrected chi connectivity index (χ2v) is 7.00. The number of rotatable bonds is 5. The molecule has 0 bridgehead atoms. The third-order valence-corrected chi connectivity index (χ3v) is 4.87. The molecule has 0 saturated carbocycles. The predicted molar refractivity (Wildman–Crippen MR) is 103 cm³/mol. The highest BCUT2D eigenvalue weighted by Crippen LogP contribution is 2.19. The number of anilines is 1. The third kappa shape index (κ3) is 4.90. The van der Waals surface area contributed by atoms with Crippen molar-refractivity contribution in [1.82, 2.24) is 9.80 Å². The van der Waals surface area contributed by atoms with Crippen LogP contribution in [0.3, 0.4) is 0 Å². The zero-order chi connectivity index (χ0) is 18.5. The summed E-state index contributed by atoms with van der Waals surface area (Å²) < 4.78 is 13.3. The molecule has 4 nitrogen and oxygen atoms in total. The standard InChI is InChI=1S/C21H26FN3O/c1-16-5-3-6-17(2)21(16)23-20(26)15-25-11-9-24(10-12-25)14-18-7-4-8-19(22)13-18/h3-8,13H,9-12,14-15H2,1-2H3,(H,23,26). The maximum atomic E-state index is 13.3. The Balaban J connectivity index is 1.47. The molecule has 138 valence electrons. The van der Waals surface area contributed by atoms with Crippen LogP contribution in [0.2, 0.25) is 0 Å². The largest absolute Gasteiger partial charge is 0.324 e. The molecule has 0 atom stereocenters. The minimum absolute atomic E-state index is 0.0287. The minimum Gasteiger partial charge on any atom is -0.324 e. The normalized spacial score (nSPS) is 15.8. The SMILES string of the molecule is Cc1cccc(C)c1NC(=O)CN1CCN(Cc2cccc(F)c2)CC1. The molecule has 0 unspecified atom stereocenters. The van der Waals surface area contributed by atoms with E-state index in [0.29, 0.717) is 6.54 Å². The van der Waals surface area contributed by atoms with Crippen molar-refractivity contribution in [2.24, 2.45) is 0 Å². The Morgan fingerprint density at radius 3 is 2.27 bits per heavy atom. The second-order valence-electron chi connectivity index (χ2n) is 7.00. The van der Waals surface area contributed by atoms with Crippen LogP contribution in [0.1, 0.15) is 16.7 Å². The van der Waals surface area contributed by atoms with Crippen LogP contribution in [0.5, 0.6) is 0 Å². The molecule has 0 aliphatic carbocycles. The average Bonchev–Trinajstić information content (AvgIpc) is 2.60. The van der Waals surface area contributed by atoms with Crippen LogP contribution in [-0.4, -0.2) is 48.4 Å². The highest BCUT2D eigenvalue weighted by atomic mass is 19.1. The Morgan fingerprint density at radius 2 is 1.62 bits per heavy atom. The van der Waals surface area contributed by atoms with Crippen molar-refractivity contribution in [2.75, 3.05) is 38.0 Å². The van der Waals surface area contributed by atoms with Gasteiger partial charge in [0.25, 0.3) is 0 Å². The first kappa shape index (κ1) is 18.5. The smallest absolute Gasteiger partial charge is 0.238 e. The van der Waals surface area contributed by atoms with E-state index in [9.17, 15) is 9.18 Å². The van der Waals surface area contributed by atoms with Crippen molar-refractivity contribution in [3.8, 4) is 0 Å². The van der Waals surface area contributed by atoms with Gasteiger partial charge in [0, 0.05) is 38.4 Å². The van der Waals surface area contributed by atoms with Crippen molar-refractivity contribution in [1.29, 1.82) is 0 Å². The fourth-order valence-corrected chi connectivity index (χ4v) is 3.39. The summed E-state index contributed by atoms with van der Waals surface area (Å²) in [6.45, 7) is 8.62. The first-order valence-electron chi connectivity index (χ1n) is 9.06. The molecule has 2 aromatic carbocycles. The number of benzene rings is 2. The zero-order valence-corrected chi connectivity index (χ0v) is 15.5. The summed E-state index contributed by atoms with van der Waals surface area (Å²) in [6, 6.07) is 12.8. The van der Waals surface area contributed by atoms with Crippen LogP contribution < -0.4 is 5.32 Å². The van der Waals surface area contributed by atoms with E-state index >= 15 is 0 Å². The number of aryl methyl sites for hydroxylation is 2. The molecule has 26 heavy (non-hydrogen) atoms. The van der Waals surface area contributed by atoms with Crippen LogP contribution in [0, 0.1) is 19.7 Å². The molecular formula is C21H26FN3O. The number of amides is 1. The molecule has 1 aliphatic rings. The van der Waals surface area contributed by atoms with Gasteiger partial charge in [-0.15, -0.1) is 0 Å². The van der Waals surface area contributed by atoms with Gasteiger partial charge in [0.05, 0.1) is 6.54 Å². The van der Waals surface area contributed by atoms with Gasteiger partial charge in [-0.3, -0.25) is 14.6 Å². The van der Waals surface area contributed by atoms with E-state index in [1.54, 1.807) is 12.1 Å². The summed E-state index contributed by atoms with van der Waals surface area (Å²) in [6.07, 6.45) is 0. The van der Waals surface area contributed by atoms with E-state index < -0.39 is 0 Å². The lowest BCUT2D eigenvalue weighted by Crippen LogP contribution is -2.48. The Hall–Kier alpha value is -2.24. The molecule has 2 aromatic rings. The summed E-state index contributed by atoms with van der Waals surface area (Å²) in [5.41, 5.74) is 4.07. The van der Waals surface area contributed by atoms with E-state index in [4.69, 9.17) is 0 Å². The summed E-state index contributed by atoms with van der Waals surface area (Å²) in [4.78, 5) is 16.9. The number of hydrogen-bond donors (Lipinski definition) is 1. The Labute approximate surface area is 154 Å². The maximum Gasteiger partial charge on any atom is 0.238 e. The molecule has 0 aromatic heterocycles. The van der Waals surface area contributed by atoms with Gasteiger partial charge >= 0.3 is 0 Å². The van der Waals surface area contributed by atoms with Gasteiger partial charge in [0.15, 0.2) is 0 Å². The van der Waals surface area contributed by atoms with E-state index in [-0.39, 0.29) is 11.7 Å². The molecule has 1 saturated heterocycles. The van der Waals surface area contributed by atoms with Gasteiger partial charge in [0.1, 0.15) is 5.82 Å². The molecular weight excluding hydrogens is 329 g/mol. The topological polar surface area (TPSA) is 35.6 Å². The Bertz CT molecular complexity index is 749. The molecule has 1 fully saturated rings. The van der Waals surface area contributed by atoms with Gasteiger partial charge in [-0.1, -0.05) is 30.3 Å². The van der Waals surface area contributed by atoms with Crippen LogP contribution >= 0.6 is 0 Å². The van der Waals surface area contributed by atoms with Gasteiger partial charge in [0.2, 0.25) is 5.91 Å². The molecule has 1 heterocycles. The number of carbonyl (C=O) groups is 1. The Morgan fingerprint density at radius 1 is 1.00 bits per heavy atom. The van der Waals surface area contributed by atoms with Crippen molar-refractivity contribution >= 4 is 11.6 Å². The van der Waals surface area contributed by atoms with E-state index in [1.165, 1.54) is 6.07 Å². The lowest BCUT2D eigenvalue weighted by atomic mass is 10.1. The van der Waals surface area contributed by atoms with Crippen LogP contribution in [0.4, 0.5) is 10.1 Å². The van der Waals surface area contributed by atoms with Gasteiger partial charge < -0.3 is 5.32 Å². The minimum atomic E-state index is -0.190. The van der Waals surface area contributed by atoms with E-state index in [1.807, 2.05) is 38.1 Å².